The maximum Gasteiger partial charge on any atom is 0.238 e. The van der Waals surface area contributed by atoms with Gasteiger partial charge in [-0.25, -0.2) is 4.98 Å². The molecule has 2 fully saturated rings. The van der Waals surface area contributed by atoms with Crippen molar-refractivity contribution in [3.05, 3.63) is 53.5 Å². The van der Waals surface area contributed by atoms with Crippen LogP contribution in [0.2, 0.25) is 0 Å². The summed E-state index contributed by atoms with van der Waals surface area (Å²) < 4.78 is 6.67. The maximum absolute atomic E-state index is 12.5. The Morgan fingerprint density at radius 3 is 2.52 bits per heavy atom. The van der Waals surface area contributed by atoms with Gasteiger partial charge in [-0.2, -0.15) is 0 Å². The number of hydrogen-bond acceptors (Lipinski definition) is 6. The quantitative estimate of drug-likeness (QED) is 0.656. The van der Waals surface area contributed by atoms with Crippen LogP contribution in [0.15, 0.2) is 48.5 Å². The van der Waals surface area contributed by atoms with E-state index in [4.69, 9.17) is 9.72 Å². The number of fused-ring (bicyclic) bond motifs is 1. The number of benzene rings is 2. The van der Waals surface area contributed by atoms with E-state index in [-0.39, 0.29) is 5.91 Å². The summed E-state index contributed by atoms with van der Waals surface area (Å²) >= 11 is 1.81. The van der Waals surface area contributed by atoms with Crippen LogP contribution in [0.1, 0.15) is 23.8 Å². The molecule has 1 amide bonds. The molecule has 2 aliphatic rings. The number of thiazole rings is 1. The van der Waals surface area contributed by atoms with Crippen LogP contribution in [0, 0.1) is 0 Å². The molecular weight excluding hydrogens is 408 g/mol. The molecule has 31 heavy (non-hydrogen) atoms. The van der Waals surface area contributed by atoms with E-state index < -0.39 is 0 Å². The van der Waals surface area contributed by atoms with Crippen LogP contribution in [0.5, 0.6) is 0 Å². The van der Waals surface area contributed by atoms with Gasteiger partial charge in [0.05, 0.1) is 35.0 Å². The minimum absolute atomic E-state index is 0.0533. The molecule has 2 saturated heterocycles. The summed E-state index contributed by atoms with van der Waals surface area (Å²) in [6.07, 6.45) is 2.11. The molecule has 0 saturated carbocycles. The van der Waals surface area contributed by atoms with E-state index in [1.54, 1.807) is 0 Å². The summed E-state index contributed by atoms with van der Waals surface area (Å²) in [5.41, 5.74) is 3.13. The molecule has 0 aliphatic carbocycles. The standard InChI is InChI=1S/C24H28N4O2S/c29-23(25-19-5-7-20(8-6-19)28-13-15-30-16-14-28)17-27-11-9-18(10-12-27)24-26-21-3-1-2-4-22(21)31-24/h1-8,18H,9-17H2,(H,25,29). The van der Waals surface area contributed by atoms with E-state index in [0.717, 1.165) is 63.4 Å². The number of carbonyl (C=O) groups is 1. The summed E-state index contributed by atoms with van der Waals surface area (Å²) in [6, 6.07) is 16.5. The minimum Gasteiger partial charge on any atom is -0.378 e. The number of rotatable bonds is 5. The van der Waals surface area contributed by atoms with Gasteiger partial charge in [-0.05, 0) is 62.3 Å². The number of nitrogens with one attached hydrogen (secondary N) is 1. The molecule has 0 radical (unpaired) electrons. The van der Waals surface area contributed by atoms with Gasteiger partial charge in [0.1, 0.15) is 0 Å². The van der Waals surface area contributed by atoms with Crippen LogP contribution < -0.4 is 10.2 Å². The molecule has 3 heterocycles. The molecule has 0 bridgehead atoms. The number of likely N-dealkylation sites (tertiary alicyclic amines) is 1. The molecule has 0 spiro atoms. The van der Waals surface area contributed by atoms with Gasteiger partial charge in [0.25, 0.3) is 0 Å². The normalized spacial score (nSPS) is 18.4. The third-order valence-corrected chi connectivity index (χ3v) is 7.34. The summed E-state index contributed by atoms with van der Waals surface area (Å²) in [6.45, 7) is 5.69. The van der Waals surface area contributed by atoms with Crippen LogP contribution in [-0.2, 0) is 9.53 Å². The molecule has 5 rings (SSSR count). The Morgan fingerprint density at radius 2 is 1.77 bits per heavy atom. The van der Waals surface area contributed by atoms with Gasteiger partial charge in [0.15, 0.2) is 0 Å². The second-order valence-electron chi connectivity index (χ2n) is 8.26. The lowest BCUT2D eigenvalue weighted by Crippen LogP contribution is -2.38. The highest BCUT2D eigenvalue weighted by molar-refractivity contribution is 7.18. The second kappa shape index (κ2) is 9.34. The number of amides is 1. The topological polar surface area (TPSA) is 57.7 Å². The third kappa shape index (κ3) is 4.89. The van der Waals surface area contributed by atoms with Crippen LogP contribution in [-0.4, -0.2) is 61.7 Å². The molecule has 162 valence electrons. The SMILES string of the molecule is O=C(CN1CCC(c2nc3ccccc3s2)CC1)Nc1ccc(N2CCOCC2)cc1. The fourth-order valence-electron chi connectivity index (χ4n) is 4.38. The first kappa shape index (κ1) is 20.4. The van der Waals surface area contributed by atoms with Crippen molar-refractivity contribution >= 4 is 38.8 Å². The Morgan fingerprint density at radius 1 is 1.03 bits per heavy atom. The Labute approximate surface area is 186 Å². The number of morpholine rings is 1. The van der Waals surface area contributed by atoms with Crippen molar-refractivity contribution in [1.29, 1.82) is 0 Å². The lowest BCUT2D eigenvalue weighted by atomic mass is 9.97. The molecule has 2 aliphatic heterocycles. The molecule has 6 nitrogen and oxygen atoms in total. The fraction of sp³-hybridized carbons (Fsp3) is 0.417. The van der Waals surface area contributed by atoms with Crippen molar-refractivity contribution in [1.82, 2.24) is 9.88 Å². The average Bonchev–Trinajstić information content (AvgIpc) is 3.25. The van der Waals surface area contributed by atoms with E-state index in [0.29, 0.717) is 12.5 Å². The average molecular weight is 437 g/mol. The largest absolute Gasteiger partial charge is 0.378 e. The number of para-hydroxylation sites is 1. The summed E-state index contributed by atoms with van der Waals surface area (Å²) in [4.78, 5) is 21.9. The zero-order chi connectivity index (χ0) is 21.0. The van der Waals surface area contributed by atoms with E-state index in [1.165, 1.54) is 15.4 Å². The van der Waals surface area contributed by atoms with Crippen molar-refractivity contribution < 1.29 is 9.53 Å². The van der Waals surface area contributed by atoms with Gasteiger partial charge >= 0.3 is 0 Å². The van der Waals surface area contributed by atoms with Crippen molar-refractivity contribution in [2.45, 2.75) is 18.8 Å². The lowest BCUT2D eigenvalue weighted by Gasteiger charge is -2.30. The number of piperidine rings is 1. The third-order valence-electron chi connectivity index (χ3n) is 6.14. The number of aromatic nitrogens is 1. The molecule has 2 aromatic carbocycles. The number of carbonyl (C=O) groups excluding carboxylic acids is 1. The first-order chi connectivity index (χ1) is 15.2. The first-order valence-corrected chi connectivity index (χ1v) is 11.9. The Hall–Kier alpha value is -2.48. The minimum atomic E-state index is 0.0533. The number of ether oxygens (including phenoxy) is 1. The highest BCUT2D eigenvalue weighted by Crippen LogP contribution is 2.33. The van der Waals surface area contributed by atoms with E-state index in [1.807, 2.05) is 29.5 Å². The van der Waals surface area contributed by atoms with Crippen molar-refractivity contribution in [2.24, 2.45) is 0 Å². The van der Waals surface area contributed by atoms with Crippen LogP contribution in [0.4, 0.5) is 11.4 Å². The van der Waals surface area contributed by atoms with Gasteiger partial charge in [-0.3, -0.25) is 9.69 Å². The highest BCUT2D eigenvalue weighted by atomic mass is 32.1. The number of hydrogen-bond donors (Lipinski definition) is 1. The summed E-state index contributed by atoms with van der Waals surface area (Å²) in [5.74, 6) is 0.557. The van der Waals surface area contributed by atoms with Gasteiger partial charge in [0, 0.05) is 30.4 Å². The Balaban J connectivity index is 1.10. The lowest BCUT2D eigenvalue weighted by molar-refractivity contribution is -0.117. The molecule has 0 unspecified atom stereocenters. The van der Waals surface area contributed by atoms with Crippen molar-refractivity contribution in [3.8, 4) is 0 Å². The molecule has 1 aromatic heterocycles. The zero-order valence-electron chi connectivity index (χ0n) is 17.6. The van der Waals surface area contributed by atoms with E-state index in [9.17, 15) is 4.79 Å². The Bertz CT molecular complexity index is 988. The zero-order valence-corrected chi connectivity index (χ0v) is 18.4. The second-order valence-corrected chi connectivity index (χ2v) is 9.33. The summed E-state index contributed by atoms with van der Waals surface area (Å²) in [7, 11) is 0. The van der Waals surface area contributed by atoms with Gasteiger partial charge in [-0.1, -0.05) is 12.1 Å². The number of anilines is 2. The molecule has 7 heteroatoms. The Kier molecular flexibility index (Phi) is 6.15. The smallest absolute Gasteiger partial charge is 0.238 e. The van der Waals surface area contributed by atoms with Crippen LogP contribution in [0.25, 0.3) is 10.2 Å². The predicted molar refractivity (Wildman–Crippen MR) is 126 cm³/mol. The molecule has 0 atom stereocenters. The monoisotopic (exact) mass is 436 g/mol. The summed E-state index contributed by atoms with van der Waals surface area (Å²) in [5, 5.41) is 4.29. The maximum atomic E-state index is 12.5. The van der Waals surface area contributed by atoms with Gasteiger partial charge in [-0.15, -0.1) is 11.3 Å². The fourth-order valence-corrected chi connectivity index (χ4v) is 5.52. The predicted octanol–water partition coefficient (Wildman–Crippen LogP) is 3.95. The molecular formula is C24H28N4O2S. The van der Waals surface area contributed by atoms with Crippen molar-refractivity contribution in [3.63, 3.8) is 0 Å². The van der Waals surface area contributed by atoms with E-state index >= 15 is 0 Å². The van der Waals surface area contributed by atoms with Crippen LogP contribution in [0.3, 0.4) is 0 Å². The van der Waals surface area contributed by atoms with Gasteiger partial charge < -0.3 is 15.0 Å². The molecule has 3 aromatic rings. The van der Waals surface area contributed by atoms with Gasteiger partial charge in [0.2, 0.25) is 5.91 Å². The first-order valence-electron chi connectivity index (χ1n) is 11.0. The van der Waals surface area contributed by atoms with Crippen LogP contribution >= 0.6 is 11.3 Å². The van der Waals surface area contributed by atoms with Crippen molar-refractivity contribution in [2.75, 3.05) is 56.2 Å². The van der Waals surface area contributed by atoms with E-state index in [2.05, 4.69) is 45.4 Å². The molecule has 1 N–H and O–H groups in total. The highest BCUT2D eigenvalue weighted by Gasteiger charge is 2.24. The number of nitrogens with zero attached hydrogens (tertiary/aromatic N) is 3.